The van der Waals surface area contributed by atoms with Gasteiger partial charge in [0.25, 0.3) is 0 Å². The van der Waals surface area contributed by atoms with Gasteiger partial charge in [-0.3, -0.25) is 4.79 Å². The fourth-order valence-electron chi connectivity index (χ4n) is 2.38. The van der Waals surface area contributed by atoms with Gasteiger partial charge in [-0.2, -0.15) is 0 Å². The number of carboxylic acids is 1. The quantitative estimate of drug-likeness (QED) is 0.818. The lowest BCUT2D eigenvalue weighted by Gasteiger charge is -2.12. The predicted octanol–water partition coefficient (Wildman–Crippen LogP) is 4.34. The zero-order valence-corrected chi connectivity index (χ0v) is 14.5. The molecule has 1 heterocycles. The van der Waals surface area contributed by atoms with Crippen LogP contribution in [0.4, 0.5) is 0 Å². The second-order valence-corrected chi connectivity index (χ2v) is 7.04. The van der Waals surface area contributed by atoms with Crippen molar-refractivity contribution in [3.8, 4) is 5.75 Å². The Bertz CT molecular complexity index is 761. The summed E-state index contributed by atoms with van der Waals surface area (Å²) in [4.78, 5) is 23.7. The zero-order valence-electron chi connectivity index (χ0n) is 13.7. The third kappa shape index (κ3) is 4.10. The standard InChI is InChI=1S/C18H22O4S/c1-4-5-12-6-7-14(22-9-8-11(2)3)16-13(19)10-15(18(20)21)23-17(12)16/h6-7,10-11H,4-5,8-9H2,1-3H3,(H,20,21). The van der Waals surface area contributed by atoms with Crippen molar-refractivity contribution in [2.45, 2.75) is 40.0 Å². The first-order chi connectivity index (χ1) is 10.9. The van der Waals surface area contributed by atoms with Crippen LogP contribution in [-0.4, -0.2) is 17.7 Å². The van der Waals surface area contributed by atoms with Crippen molar-refractivity contribution in [3.05, 3.63) is 38.9 Å². The SMILES string of the molecule is CCCc1ccc(OCCC(C)C)c2c(=O)cc(C(=O)O)sc12. The van der Waals surface area contributed by atoms with Crippen LogP contribution in [0.3, 0.4) is 0 Å². The number of rotatable bonds is 7. The van der Waals surface area contributed by atoms with E-state index in [1.54, 1.807) is 0 Å². The molecule has 5 heteroatoms. The molecule has 1 N–H and O–H groups in total. The molecule has 0 bridgehead atoms. The van der Waals surface area contributed by atoms with Gasteiger partial charge in [0.2, 0.25) is 0 Å². The maximum atomic E-state index is 12.4. The summed E-state index contributed by atoms with van der Waals surface area (Å²) in [6, 6.07) is 4.97. The van der Waals surface area contributed by atoms with E-state index in [4.69, 9.17) is 4.74 Å². The van der Waals surface area contributed by atoms with Crippen LogP contribution < -0.4 is 10.2 Å². The second kappa shape index (κ2) is 7.59. The van der Waals surface area contributed by atoms with Crippen molar-refractivity contribution < 1.29 is 14.6 Å². The Morgan fingerprint density at radius 1 is 1.35 bits per heavy atom. The van der Waals surface area contributed by atoms with Gasteiger partial charge < -0.3 is 9.84 Å². The van der Waals surface area contributed by atoms with Crippen LogP contribution in [0.15, 0.2) is 23.0 Å². The van der Waals surface area contributed by atoms with E-state index >= 15 is 0 Å². The number of aryl methyl sites for hydroxylation is 1. The highest BCUT2D eigenvalue weighted by molar-refractivity contribution is 7.20. The Labute approximate surface area is 139 Å². The number of hydrogen-bond donors (Lipinski definition) is 1. The highest BCUT2D eigenvalue weighted by Gasteiger charge is 2.15. The lowest BCUT2D eigenvalue weighted by Crippen LogP contribution is -2.09. The van der Waals surface area contributed by atoms with Gasteiger partial charge in [0.15, 0.2) is 5.43 Å². The van der Waals surface area contributed by atoms with Gasteiger partial charge in [-0.25, -0.2) is 4.79 Å². The van der Waals surface area contributed by atoms with E-state index < -0.39 is 5.97 Å². The molecule has 124 valence electrons. The summed E-state index contributed by atoms with van der Waals surface area (Å²) in [5.41, 5.74) is 0.720. The molecule has 0 amide bonds. The molecular formula is C18H22O4S. The van der Waals surface area contributed by atoms with Crippen molar-refractivity contribution in [2.24, 2.45) is 5.92 Å². The molecule has 2 rings (SSSR count). The summed E-state index contributed by atoms with van der Waals surface area (Å²) >= 11 is 1.15. The highest BCUT2D eigenvalue weighted by atomic mass is 32.1. The molecule has 0 unspecified atom stereocenters. The molecule has 0 radical (unpaired) electrons. The van der Waals surface area contributed by atoms with Crippen molar-refractivity contribution >= 4 is 27.4 Å². The number of ether oxygens (including phenoxy) is 1. The largest absolute Gasteiger partial charge is 0.493 e. The van der Waals surface area contributed by atoms with E-state index in [0.717, 1.165) is 40.9 Å². The predicted molar refractivity (Wildman–Crippen MR) is 94.0 cm³/mol. The Balaban J connectivity index is 2.55. The molecule has 0 aliphatic heterocycles. The fraction of sp³-hybridized carbons (Fsp3) is 0.444. The Morgan fingerprint density at radius 3 is 2.70 bits per heavy atom. The summed E-state index contributed by atoms with van der Waals surface area (Å²) in [5.74, 6) is 0.00930. The minimum atomic E-state index is -1.07. The summed E-state index contributed by atoms with van der Waals surface area (Å²) in [7, 11) is 0. The Kier molecular flexibility index (Phi) is 5.77. The molecule has 23 heavy (non-hydrogen) atoms. The Morgan fingerprint density at radius 2 is 2.09 bits per heavy atom. The maximum Gasteiger partial charge on any atom is 0.346 e. The number of fused-ring (bicyclic) bond motifs is 1. The third-order valence-electron chi connectivity index (χ3n) is 3.60. The average molecular weight is 334 g/mol. The second-order valence-electron chi connectivity index (χ2n) is 5.99. The van der Waals surface area contributed by atoms with Crippen LogP contribution in [0, 0.1) is 5.92 Å². The molecule has 0 saturated heterocycles. The van der Waals surface area contributed by atoms with Crippen molar-refractivity contribution in [1.82, 2.24) is 0 Å². The fourth-order valence-corrected chi connectivity index (χ4v) is 3.46. The molecular weight excluding hydrogens is 312 g/mol. The molecule has 0 fully saturated rings. The topological polar surface area (TPSA) is 63.6 Å². The normalized spacial score (nSPS) is 11.1. The molecule has 0 aliphatic rings. The molecule has 0 spiro atoms. The van der Waals surface area contributed by atoms with Gasteiger partial charge in [-0.15, -0.1) is 11.3 Å². The first-order valence-electron chi connectivity index (χ1n) is 7.89. The van der Waals surface area contributed by atoms with Crippen molar-refractivity contribution in [2.75, 3.05) is 6.61 Å². The first-order valence-corrected chi connectivity index (χ1v) is 8.71. The van der Waals surface area contributed by atoms with E-state index in [0.29, 0.717) is 23.7 Å². The van der Waals surface area contributed by atoms with Gasteiger partial charge in [0, 0.05) is 10.8 Å². The lowest BCUT2D eigenvalue weighted by atomic mass is 10.1. The summed E-state index contributed by atoms with van der Waals surface area (Å²) in [6.07, 6.45) is 2.64. The molecule has 0 atom stereocenters. The van der Waals surface area contributed by atoms with Gasteiger partial charge in [-0.1, -0.05) is 33.3 Å². The van der Waals surface area contributed by atoms with Crippen molar-refractivity contribution in [1.29, 1.82) is 0 Å². The van der Waals surface area contributed by atoms with Crippen LogP contribution in [0.2, 0.25) is 0 Å². The third-order valence-corrected chi connectivity index (χ3v) is 4.79. The van der Waals surface area contributed by atoms with Crippen LogP contribution >= 0.6 is 11.3 Å². The number of hydrogen-bond acceptors (Lipinski definition) is 4. The van der Waals surface area contributed by atoms with Crippen LogP contribution in [0.1, 0.15) is 48.8 Å². The first kappa shape index (κ1) is 17.5. The Hall–Kier alpha value is -1.88. The van der Waals surface area contributed by atoms with E-state index in [2.05, 4.69) is 20.8 Å². The average Bonchev–Trinajstić information content (AvgIpc) is 2.48. The summed E-state index contributed by atoms with van der Waals surface area (Å²) in [5, 5.41) is 9.71. The van der Waals surface area contributed by atoms with Crippen LogP contribution in [0.5, 0.6) is 5.75 Å². The number of carbonyl (C=O) groups is 1. The van der Waals surface area contributed by atoms with Crippen LogP contribution in [-0.2, 0) is 6.42 Å². The number of benzene rings is 1. The van der Waals surface area contributed by atoms with Crippen LogP contribution in [0.25, 0.3) is 10.1 Å². The van der Waals surface area contributed by atoms with Gasteiger partial charge >= 0.3 is 5.97 Å². The molecule has 4 nitrogen and oxygen atoms in total. The summed E-state index contributed by atoms with van der Waals surface area (Å²) in [6.45, 7) is 6.84. The minimum absolute atomic E-state index is 0.0687. The maximum absolute atomic E-state index is 12.4. The molecule has 1 aromatic carbocycles. The monoisotopic (exact) mass is 334 g/mol. The van der Waals surface area contributed by atoms with Gasteiger partial charge in [0.1, 0.15) is 10.6 Å². The number of aromatic carboxylic acids is 1. The smallest absolute Gasteiger partial charge is 0.346 e. The molecule has 2 aromatic rings. The molecule has 0 aliphatic carbocycles. The van der Waals surface area contributed by atoms with E-state index in [1.807, 2.05) is 12.1 Å². The van der Waals surface area contributed by atoms with E-state index in [-0.39, 0.29) is 10.3 Å². The highest BCUT2D eigenvalue weighted by Crippen LogP contribution is 2.31. The van der Waals surface area contributed by atoms with E-state index in [1.165, 1.54) is 6.07 Å². The molecule has 0 saturated carbocycles. The molecule has 1 aromatic heterocycles. The minimum Gasteiger partial charge on any atom is -0.493 e. The zero-order chi connectivity index (χ0) is 17.0. The van der Waals surface area contributed by atoms with Gasteiger partial charge in [-0.05, 0) is 30.4 Å². The summed E-state index contributed by atoms with van der Waals surface area (Å²) < 4.78 is 6.54. The van der Waals surface area contributed by atoms with Gasteiger partial charge in [0.05, 0.1) is 12.0 Å². The lowest BCUT2D eigenvalue weighted by molar-refractivity contribution is 0.0702. The number of carboxylic acid groups (broad SMARTS) is 1. The van der Waals surface area contributed by atoms with Crippen molar-refractivity contribution in [3.63, 3.8) is 0 Å². The van der Waals surface area contributed by atoms with E-state index in [9.17, 15) is 14.7 Å².